The molecule has 1 saturated carbocycles. The van der Waals surface area contributed by atoms with Crippen molar-refractivity contribution < 1.29 is 34.3 Å². The van der Waals surface area contributed by atoms with Crippen molar-refractivity contribution in [1.82, 2.24) is 9.80 Å². The second kappa shape index (κ2) is 9.75. The van der Waals surface area contributed by atoms with Crippen LogP contribution in [-0.2, 0) is 16.1 Å². The van der Waals surface area contributed by atoms with Crippen molar-refractivity contribution in [2.75, 3.05) is 26.2 Å². The number of nitrogens with one attached hydrogen (secondary N) is 1. The molecule has 1 aromatic carbocycles. The van der Waals surface area contributed by atoms with E-state index in [9.17, 15) is 19.6 Å². The second-order valence-electron chi connectivity index (χ2n) is 11.0. The Morgan fingerprint density at radius 2 is 1.86 bits per heavy atom. The van der Waals surface area contributed by atoms with Gasteiger partial charge in [0.15, 0.2) is 0 Å². The minimum absolute atomic E-state index is 0.0579. The fraction of sp³-hybridized carbons (Fsp3) is 0.640. The molecule has 1 spiro atoms. The molecule has 2 aliphatic heterocycles. The summed E-state index contributed by atoms with van der Waals surface area (Å²) in [6.07, 6.45) is 4.12. The van der Waals surface area contributed by atoms with Gasteiger partial charge in [-0.3, -0.25) is 4.79 Å². The third-order valence-corrected chi connectivity index (χ3v) is 7.34. The molecule has 1 aliphatic carbocycles. The molecule has 2 heterocycles. The molecule has 35 heavy (non-hydrogen) atoms. The van der Waals surface area contributed by atoms with Crippen molar-refractivity contribution >= 4 is 17.9 Å². The summed E-state index contributed by atoms with van der Waals surface area (Å²) in [5, 5.41) is 18.4. The Hall–Kier alpha value is -2.69. The first-order valence-electron chi connectivity index (χ1n) is 12.3. The summed E-state index contributed by atoms with van der Waals surface area (Å²) < 4.78 is 11.3. The topological polar surface area (TPSA) is 124 Å². The number of hydroxylamine groups is 2. The van der Waals surface area contributed by atoms with Gasteiger partial charge in [0.2, 0.25) is 5.91 Å². The molecule has 10 heteroatoms. The van der Waals surface area contributed by atoms with Crippen molar-refractivity contribution in [1.29, 1.82) is 0 Å². The Morgan fingerprint density at radius 3 is 2.51 bits per heavy atom. The van der Waals surface area contributed by atoms with Gasteiger partial charge in [-0.1, -0.05) is 6.07 Å². The molecule has 2 atom stereocenters. The van der Waals surface area contributed by atoms with Crippen molar-refractivity contribution in [3.8, 4) is 5.75 Å². The number of carbonyl (C=O) groups excluding carboxylic acids is 3. The van der Waals surface area contributed by atoms with Gasteiger partial charge >= 0.3 is 12.0 Å². The lowest BCUT2D eigenvalue weighted by molar-refractivity contribution is -0.974. The summed E-state index contributed by atoms with van der Waals surface area (Å²) in [6, 6.07) is 4.58. The SMILES string of the molecule is CC(C)(C)OC(=O)N1CCC2(CCC(C(=O)N3CCOc4cc(C(=O)[NH+]([O-])O)ccc4C3)C2)CC1. The van der Waals surface area contributed by atoms with Crippen LogP contribution in [0.5, 0.6) is 5.75 Å². The van der Waals surface area contributed by atoms with Crippen molar-refractivity contribution in [2.45, 2.75) is 65.0 Å². The van der Waals surface area contributed by atoms with E-state index in [-0.39, 0.29) is 35.5 Å². The number of benzene rings is 1. The van der Waals surface area contributed by atoms with E-state index in [1.165, 1.54) is 12.1 Å². The van der Waals surface area contributed by atoms with Gasteiger partial charge in [-0.05, 0) is 70.4 Å². The number of hydrogen-bond acceptors (Lipinski definition) is 7. The first-order chi connectivity index (χ1) is 16.5. The van der Waals surface area contributed by atoms with Crippen LogP contribution in [0.2, 0.25) is 0 Å². The predicted octanol–water partition coefficient (Wildman–Crippen LogP) is 2.14. The monoisotopic (exact) mass is 489 g/mol. The van der Waals surface area contributed by atoms with Crippen LogP contribution in [0.1, 0.15) is 68.8 Å². The number of piperidine rings is 1. The smallest absolute Gasteiger partial charge is 0.410 e. The van der Waals surface area contributed by atoms with Gasteiger partial charge in [-0.25, -0.2) is 14.8 Å². The maximum Gasteiger partial charge on any atom is 0.410 e. The Bertz CT molecular complexity index is 980. The summed E-state index contributed by atoms with van der Waals surface area (Å²) >= 11 is 0. The first kappa shape index (κ1) is 25.4. The van der Waals surface area contributed by atoms with E-state index < -0.39 is 16.7 Å². The van der Waals surface area contributed by atoms with Crippen LogP contribution in [0.15, 0.2) is 18.2 Å². The zero-order chi connectivity index (χ0) is 25.4. The quantitative estimate of drug-likeness (QED) is 0.482. The van der Waals surface area contributed by atoms with Crippen LogP contribution in [0.4, 0.5) is 4.79 Å². The van der Waals surface area contributed by atoms with E-state index in [0.717, 1.165) is 37.7 Å². The number of rotatable bonds is 2. The minimum atomic E-state index is -1.51. The van der Waals surface area contributed by atoms with Gasteiger partial charge in [0.1, 0.15) is 18.0 Å². The van der Waals surface area contributed by atoms with Crippen LogP contribution in [0.3, 0.4) is 0 Å². The molecule has 2 unspecified atom stereocenters. The van der Waals surface area contributed by atoms with Gasteiger partial charge in [0.05, 0.1) is 12.1 Å². The number of nitrogens with zero attached hydrogens (tertiary/aromatic N) is 2. The van der Waals surface area contributed by atoms with E-state index in [0.29, 0.717) is 31.9 Å². The molecule has 2 N–H and O–H groups in total. The summed E-state index contributed by atoms with van der Waals surface area (Å²) in [6.45, 7) is 7.98. The minimum Gasteiger partial charge on any atom is -0.592 e. The number of ether oxygens (including phenoxy) is 2. The fourth-order valence-electron chi connectivity index (χ4n) is 5.44. The lowest BCUT2D eigenvalue weighted by atomic mass is 9.76. The van der Waals surface area contributed by atoms with Crippen LogP contribution in [0, 0.1) is 16.5 Å². The lowest BCUT2D eigenvalue weighted by Crippen LogP contribution is -3.07. The molecule has 0 aromatic heterocycles. The second-order valence-corrected chi connectivity index (χ2v) is 11.0. The van der Waals surface area contributed by atoms with Crippen molar-refractivity contribution in [3.63, 3.8) is 0 Å². The lowest BCUT2D eigenvalue weighted by Gasteiger charge is -2.40. The number of amides is 3. The molecule has 3 aliphatic rings. The highest BCUT2D eigenvalue weighted by Gasteiger charge is 2.45. The molecular weight excluding hydrogens is 454 g/mol. The highest BCUT2D eigenvalue weighted by molar-refractivity contribution is 5.87. The van der Waals surface area contributed by atoms with Gasteiger partial charge in [0.25, 0.3) is 0 Å². The Labute approximate surface area is 205 Å². The zero-order valence-corrected chi connectivity index (χ0v) is 20.7. The van der Waals surface area contributed by atoms with Crippen LogP contribution in [0.25, 0.3) is 0 Å². The van der Waals surface area contributed by atoms with E-state index in [1.54, 1.807) is 11.0 Å². The molecule has 0 radical (unpaired) electrons. The average molecular weight is 490 g/mol. The van der Waals surface area contributed by atoms with Crippen molar-refractivity contribution in [3.05, 3.63) is 34.5 Å². The van der Waals surface area contributed by atoms with Gasteiger partial charge in [-0.15, -0.1) is 0 Å². The molecule has 0 bridgehead atoms. The normalized spacial score (nSPS) is 22.7. The Kier molecular flexibility index (Phi) is 7.08. The van der Waals surface area contributed by atoms with Crippen molar-refractivity contribution in [2.24, 2.45) is 11.3 Å². The fourth-order valence-corrected chi connectivity index (χ4v) is 5.44. The van der Waals surface area contributed by atoms with Gasteiger partial charge < -0.3 is 24.5 Å². The third-order valence-electron chi connectivity index (χ3n) is 7.34. The molecule has 4 rings (SSSR count). The Balaban J connectivity index is 1.35. The van der Waals surface area contributed by atoms with E-state index in [2.05, 4.69) is 0 Å². The van der Waals surface area contributed by atoms with E-state index >= 15 is 0 Å². The predicted molar refractivity (Wildman–Crippen MR) is 125 cm³/mol. The van der Waals surface area contributed by atoms with Crippen LogP contribution >= 0.6 is 0 Å². The Morgan fingerprint density at radius 1 is 1.14 bits per heavy atom. The molecule has 1 saturated heterocycles. The van der Waals surface area contributed by atoms with E-state index in [1.807, 2.05) is 25.7 Å². The summed E-state index contributed by atoms with van der Waals surface area (Å²) in [5.74, 6) is -0.483. The number of fused-ring (bicyclic) bond motifs is 1. The maximum atomic E-state index is 13.4. The maximum absolute atomic E-state index is 13.4. The number of hydrogen-bond donors (Lipinski definition) is 2. The van der Waals surface area contributed by atoms with Crippen LogP contribution < -0.4 is 9.96 Å². The summed E-state index contributed by atoms with van der Waals surface area (Å²) in [4.78, 5) is 41.2. The average Bonchev–Trinajstić information content (AvgIpc) is 3.07. The highest BCUT2D eigenvalue weighted by Crippen LogP contribution is 2.49. The molecular formula is C25H35N3O7. The molecule has 1 aromatic rings. The van der Waals surface area contributed by atoms with Gasteiger partial charge in [-0.2, -0.15) is 5.23 Å². The third kappa shape index (κ3) is 5.76. The molecule has 10 nitrogen and oxygen atoms in total. The zero-order valence-electron chi connectivity index (χ0n) is 20.7. The number of likely N-dealkylation sites (tertiary alicyclic amines) is 1. The number of quaternary nitrogens is 1. The van der Waals surface area contributed by atoms with E-state index in [4.69, 9.17) is 14.7 Å². The highest BCUT2D eigenvalue weighted by atomic mass is 16.8. The molecule has 3 amide bonds. The standard InChI is InChI=1S/C25H35N3O7/c1-24(2,3)35-23(31)26-10-8-25(9-11-26)7-6-18(15-25)21(29)27-12-13-34-20-14-17(22(30)28(32)33)4-5-19(20)16-27/h4-5,14,18,28,32H,6-13,15-16H2,1-3H3. The molecule has 2 fully saturated rings. The first-order valence-corrected chi connectivity index (χ1v) is 12.3. The van der Waals surface area contributed by atoms with Gasteiger partial charge in [0, 0.05) is 31.1 Å². The summed E-state index contributed by atoms with van der Waals surface area (Å²) in [5.41, 5.74) is 0.396. The van der Waals surface area contributed by atoms with Crippen LogP contribution in [-0.4, -0.2) is 64.8 Å². The molecule has 192 valence electrons. The largest absolute Gasteiger partial charge is 0.592 e. The number of carbonyl (C=O) groups is 3. The summed E-state index contributed by atoms with van der Waals surface area (Å²) in [7, 11) is 0.